The molecule has 5 nitrogen and oxygen atoms in total. The van der Waals surface area contributed by atoms with Gasteiger partial charge >= 0.3 is 5.97 Å². The lowest BCUT2D eigenvalue weighted by atomic mass is 9.75. The summed E-state index contributed by atoms with van der Waals surface area (Å²) in [7, 11) is 0. The molecule has 35 heavy (non-hydrogen) atoms. The second-order valence-corrected chi connectivity index (χ2v) is 10.7. The Hall–Kier alpha value is -3.21. The first-order valence-corrected chi connectivity index (χ1v) is 12.8. The quantitative estimate of drug-likeness (QED) is 0.509. The van der Waals surface area contributed by atoms with Gasteiger partial charge in [0.25, 0.3) is 0 Å². The van der Waals surface area contributed by atoms with Crippen LogP contribution in [0.15, 0.2) is 58.2 Å². The minimum absolute atomic E-state index is 0.0199. The standard InChI is InChI=1S/C30H35N3O2/c1-17-14-18(2)29(19(3)15-17)35-30(34)26-21(5)33-24(27(26)22-10-7-6-8-11-22)16-25-28-23(20(4)32-25)12-9-13-31-28/h6-13,16-19,23,28-29,33H,14-15H2,1-5H3. The Bertz CT molecular complexity index is 1220. The number of aryl methyl sites for hydroxylation is 1. The maximum absolute atomic E-state index is 13.7. The number of hydrogen-bond donors (Lipinski definition) is 1. The SMILES string of the molecule is CC1=NC(=Cc2[nH]c(C)c(C(=O)OC3C(C)CC(C)CC3C)c2-c2ccccc2)C2N=CC=CC12. The maximum atomic E-state index is 13.7. The number of aromatic amines is 1. The molecule has 1 aromatic carbocycles. The lowest BCUT2D eigenvalue weighted by molar-refractivity contribution is -0.0252. The van der Waals surface area contributed by atoms with Gasteiger partial charge in [-0.3, -0.25) is 9.98 Å². The molecule has 1 saturated carbocycles. The number of aliphatic imine (C=N–C) groups is 2. The van der Waals surface area contributed by atoms with Gasteiger partial charge in [-0.2, -0.15) is 0 Å². The van der Waals surface area contributed by atoms with Gasteiger partial charge in [0.1, 0.15) is 12.1 Å². The molecular formula is C30H35N3O2. The van der Waals surface area contributed by atoms with Gasteiger partial charge in [-0.1, -0.05) is 57.2 Å². The summed E-state index contributed by atoms with van der Waals surface area (Å²) < 4.78 is 6.24. The second kappa shape index (κ2) is 9.44. The fourth-order valence-corrected chi connectivity index (χ4v) is 6.27. The molecule has 182 valence electrons. The van der Waals surface area contributed by atoms with Crippen LogP contribution in [0.4, 0.5) is 0 Å². The van der Waals surface area contributed by atoms with Crippen molar-refractivity contribution in [3.63, 3.8) is 0 Å². The summed E-state index contributed by atoms with van der Waals surface area (Å²) in [6.45, 7) is 10.7. The van der Waals surface area contributed by atoms with Crippen molar-refractivity contribution in [2.24, 2.45) is 33.7 Å². The maximum Gasteiger partial charge on any atom is 0.340 e. The molecule has 1 N–H and O–H groups in total. The summed E-state index contributed by atoms with van der Waals surface area (Å²) in [4.78, 5) is 26.7. The van der Waals surface area contributed by atoms with Crippen LogP contribution in [0.25, 0.3) is 17.2 Å². The Balaban J connectivity index is 1.55. The van der Waals surface area contributed by atoms with E-state index < -0.39 is 0 Å². The average Bonchev–Trinajstić information content (AvgIpc) is 3.33. The number of esters is 1. The summed E-state index contributed by atoms with van der Waals surface area (Å²) in [6, 6.07) is 10.1. The van der Waals surface area contributed by atoms with E-state index in [9.17, 15) is 4.79 Å². The van der Waals surface area contributed by atoms with Crippen molar-refractivity contribution >= 4 is 24.0 Å². The predicted octanol–water partition coefficient (Wildman–Crippen LogP) is 6.66. The zero-order valence-electron chi connectivity index (χ0n) is 21.3. The topological polar surface area (TPSA) is 66.8 Å². The largest absolute Gasteiger partial charge is 0.458 e. The van der Waals surface area contributed by atoms with Gasteiger partial charge < -0.3 is 9.72 Å². The fraction of sp³-hybridized carbons (Fsp3) is 0.433. The molecule has 1 aromatic heterocycles. The lowest BCUT2D eigenvalue weighted by Crippen LogP contribution is -2.37. The fourth-order valence-electron chi connectivity index (χ4n) is 6.27. The number of carbonyl (C=O) groups is 1. The summed E-state index contributed by atoms with van der Waals surface area (Å²) in [5.74, 6) is 1.32. The van der Waals surface area contributed by atoms with Gasteiger partial charge in [0.2, 0.25) is 0 Å². The zero-order chi connectivity index (χ0) is 24.7. The molecule has 1 aliphatic carbocycles. The van der Waals surface area contributed by atoms with Gasteiger partial charge in [-0.15, -0.1) is 0 Å². The summed E-state index contributed by atoms with van der Waals surface area (Å²) >= 11 is 0. The minimum atomic E-state index is -0.247. The van der Waals surface area contributed by atoms with Crippen LogP contribution in [-0.2, 0) is 4.74 Å². The number of hydrogen-bond acceptors (Lipinski definition) is 4. The highest BCUT2D eigenvalue weighted by atomic mass is 16.5. The van der Waals surface area contributed by atoms with Gasteiger partial charge in [-0.25, -0.2) is 4.79 Å². The first-order chi connectivity index (χ1) is 16.8. The molecule has 5 heteroatoms. The molecule has 0 spiro atoms. The second-order valence-electron chi connectivity index (χ2n) is 10.7. The average molecular weight is 470 g/mol. The molecule has 4 atom stereocenters. The summed E-state index contributed by atoms with van der Waals surface area (Å²) in [5.41, 5.74) is 6.13. The van der Waals surface area contributed by atoms with Crippen LogP contribution in [-0.4, -0.2) is 35.0 Å². The van der Waals surface area contributed by atoms with E-state index in [0.29, 0.717) is 23.3 Å². The first-order valence-electron chi connectivity index (χ1n) is 12.8. The number of nitrogens with zero attached hydrogens (tertiary/aromatic N) is 2. The molecule has 2 aromatic rings. The molecular weight excluding hydrogens is 434 g/mol. The van der Waals surface area contributed by atoms with Gasteiger partial charge in [0.15, 0.2) is 0 Å². The van der Waals surface area contributed by atoms with E-state index in [4.69, 9.17) is 9.73 Å². The first kappa shape index (κ1) is 23.5. The van der Waals surface area contributed by atoms with Crippen molar-refractivity contribution in [2.45, 2.75) is 59.6 Å². The molecule has 3 heterocycles. The van der Waals surface area contributed by atoms with Crippen molar-refractivity contribution in [2.75, 3.05) is 0 Å². The van der Waals surface area contributed by atoms with E-state index in [1.807, 2.05) is 49.5 Å². The molecule has 4 unspecified atom stereocenters. The number of nitrogens with one attached hydrogen (secondary N) is 1. The van der Waals surface area contributed by atoms with Crippen LogP contribution in [0.5, 0.6) is 0 Å². The molecule has 5 rings (SSSR count). The number of allylic oxidation sites excluding steroid dienone is 1. The summed E-state index contributed by atoms with van der Waals surface area (Å²) in [5, 5.41) is 0. The molecule has 1 fully saturated rings. The summed E-state index contributed by atoms with van der Waals surface area (Å²) in [6.07, 6.45) is 10.2. The van der Waals surface area contributed by atoms with Crippen LogP contribution in [0.2, 0.25) is 0 Å². The van der Waals surface area contributed by atoms with E-state index in [2.05, 4.69) is 49.8 Å². The molecule has 0 radical (unpaired) electrons. The third kappa shape index (κ3) is 4.44. The van der Waals surface area contributed by atoms with E-state index in [0.717, 1.165) is 46.8 Å². The van der Waals surface area contributed by atoms with Crippen molar-refractivity contribution in [1.29, 1.82) is 0 Å². The number of H-pyrrole nitrogens is 1. The van der Waals surface area contributed by atoms with Crippen LogP contribution in [0, 0.1) is 30.6 Å². The van der Waals surface area contributed by atoms with Crippen molar-refractivity contribution in [3.8, 4) is 11.1 Å². The van der Waals surface area contributed by atoms with Gasteiger partial charge in [-0.05, 0) is 62.2 Å². The van der Waals surface area contributed by atoms with Gasteiger partial charge in [0.05, 0.1) is 11.3 Å². The third-order valence-electron chi connectivity index (χ3n) is 7.77. The van der Waals surface area contributed by atoms with Crippen molar-refractivity contribution in [3.05, 3.63) is 65.1 Å². The van der Waals surface area contributed by atoms with Gasteiger partial charge in [0, 0.05) is 34.8 Å². The smallest absolute Gasteiger partial charge is 0.340 e. The lowest BCUT2D eigenvalue weighted by Gasteiger charge is -2.37. The Morgan fingerprint density at radius 2 is 1.80 bits per heavy atom. The van der Waals surface area contributed by atoms with E-state index in [1.54, 1.807) is 0 Å². The Morgan fingerprint density at radius 1 is 1.09 bits per heavy atom. The van der Waals surface area contributed by atoms with E-state index in [-0.39, 0.29) is 24.0 Å². The Kier molecular flexibility index (Phi) is 6.35. The van der Waals surface area contributed by atoms with E-state index >= 15 is 0 Å². The molecule has 0 saturated heterocycles. The van der Waals surface area contributed by atoms with Crippen LogP contribution < -0.4 is 0 Å². The van der Waals surface area contributed by atoms with E-state index in [1.165, 1.54) is 0 Å². The Morgan fingerprint density at radius 3 is 2.51 bits per heavy atom. The minimum Gasteiger partial charge on any atom is -0.458 e. The Labute approximate surface area is 208 Å². The van der Waals surface area contributed by atoms with Crippen molar-refractivity contribution in [1.82, 2.24) is 4.98 Å². The highest BCUT2D eigenvalue weighted by molar-refractivity contribution is 6.02. The normalized spacial score (nSPS) is 30.9. The highest BCUT2D eigenvalue weighted by Crippen LogP contribution is 2.39. The number of rotatable bonds is 4. The number of dihydropyridines is 1. The molecule has 3 aliphatic rings. The predicted molar refractivity (Wildman–Crippen MR) is 143 cm³/mol. The number of carbonyl (C=O) groups excluding carboxylic acids is 1. The number of benzene rings is 1. The monoisotopic (exact) mass is 469 g/mol. The number of fused-ring (bicyclic) bond motifs is 1. The molecule has 0 amide bonds. The van der Waals surface area contributed by atoms with Crippen LogP contribution in [0.1, 0.15) is 62.3 Å². The van der Waals surface area contributed by atoms with Crippen molar-refractivity contribution < 1.29 is 9.53 Å². The third-order valence-corrected chi connectivity index (χ3v) is 7.77. The zero-order valence-corrected chi connectivity index (χ0v) is 21.3. The number of ether oxygens (including phenoxy) is 1. The highest BCUT2D eigenvalue weighted by Gasteiger charge is 2.36. The molecule has 0 bridgehead atoms. The van der Waals surface area contributed by atoms with Crippen LogP contribution >= 0.6 is 0 Å². The number of aromatic nitrogens is 1. The molecule has 2 aliphatic heterocycles. The van der Waals surface area contributed by atoms with Crippen LogP contribution in [0.3, 0.4) is 0 Å².